The van der Waals surface area contributed by atoms with E-state index >= 15 is 0 Å². The molecule has 0 aliphatic carbocycles. The molecule has 0 radical (unpaired) electrons. The van der Waals surface area contributed by atoms with Gasteiger partial charge in [0.05, 0.1) is 5.92 Å². The summed E-state index contributed by atoms with van der Waals surface area (Å²) < 4.78 is 1.89. The molecule has 1 atom stereocenters. The van der Waals surface area contributed by atoms with Gasteiger partial charge >= 0.3 is 0 Å². The van der Waals surface area contributed by atoms with Crippen LogP contribution in [0.25, 0.3) is 0 Å². The van der Waals surface area contributed by atoms with E-state index in [0.29, 0.717) is 13.0 Å². The highest BCUT2D eigenvalue weighted by molar-refractivity contribution is 5.79. The van der Waals surface area contributed by atoms with Gasteiger partial charge in [-0.3, -0.25) is 9.48 Å². The fourth-order valence-electron chi connectivity index (χ4n) is 1.76. The molecule has 0 aliphatic heterocycles. The molecule has 0 saturated heterocycles. The lowest BCUT2D eigenvalue weighted by Crippen LogP contribution is -2.40. The van der Waals surface area contributed by atoms with E-state index < -0.39 is 0 Å². The van der Waals surface area contributed by atoms with E-state index in [1.165, 1.54) is 0 Å². The topological polar surface area (TPSA) is 72.9 Å². The molecule has 0 fully saturated rings. The lowest BCUT2D eigenvalue weighted by atomic mass is 10.0. The van der Waals surface area contributed by atoms with E-state index in [-0.39, 0.29) is 17.9 Å². The molecule has 1 aromatic rings. The van der Waals surface area contributed by atoms with Crippen LogP contribution < -0.4 is 11.1 Å². The summed E-state index contributed by atoms with van der Waals surface area (Å²) >= 11 is 0. The molecule has 0 spiro atoms. The normalized spacial score (nSPS) is 12.8. The van der Waals surface area contributed by atoms with Gasteiger partial charge in [-0.25, -0.2) is 0 Å². The lowest BCUT2D eigenvalue weighted by molar-refractivity contribution is -0.125. The van der Waals surface area contributed by atoms with Crippen LogP contribution in [0, 0.1) is 5.92 Å². The van der Waals surface area contributed by atoms with Gasteiger partial charge in [0.15, 0.2) is 0 Å². The van der Waals surface area contributed by atoms with E-state index in [9.17, 15) is 4.79 Å². The third kappa shape index (κ3) is 3.85. The molecule has 0 aromatic carbocycles. The van der Waals surface area contributed by atoms with E-state index in [1.54, 1.807) is 6.20 Å². The average Bonchev–Trinajstić information content (AvgIpc) is 2.71. The second-order valence-electron chi connectivity index (χ2n) is 4.44. The van der Waals surface area contributed by atoms with Crippen molar-refractivity contribution in [3.05, 3.63) is 18.0 Å². The van der Waals surface area contributed by atoms with Crippen LogP contribution in [0.1, 0.15) is 26.5 Å². The number of aromatic nitrogens is 2. The molecule has 1 amide bonds. The largest absolute Gasteiger partial charge is 0.354 e. The summed E-state index contributed by atoms with van der Waals surface area (Å²) in [6.45, 7) is 7.09. The van der Waals surface area contributed by atoms with Gasteiger partial charge in [-0.2, -0.15) is 5.10 Å². The van der Waals surface area contributed by atoms with E-state index in [0.717, 1.165) is 12.2 Å². The van der Waals surface area contributed by atoms with Crippen molar-refractivity contribution < 1.29 is 4.79 Å². The summed E-state index contributed by atoms with van der Waals surface area (Å²) in [5, 5.41) is 7.08. The fraction of sp³-hybridized carbons (Fsp3) is 0.667. The van der Waals surface area contributed by atoms with Crippen LogP contribution in [0.4, 0.5) is 0 Å². The molecule has 5 heteroatoms. The van der Waals surface area contributed by atoms with Crippen LogP contribution in [0.15, 0.2) is 12.3 Å². The predicted octanol–water partition coefficient (Wildman–Crippen LogP) is 0.545. The highest BCUT2D eigenvalue weighted by Crippen LogP contribution is 2.08. The van der Waals surface area contributed by atoms with Gasteiger partial charge in [-0.1, -0.05) is 0 Å². The Morgan fingerprint density at radius 1 is 1.59 bits per heavy atom. The van der Waals surface area contributed by atoms with E-state index in [1.807, 2.05) is 31.5 Å². The average molecular weight is 238 g/mol. The third-order valence-corrected chi connectivity index (χ3v) is 2.65. The van der Waals surface area contributed by atoms with Crippen molar-refractivity contribution >= 4 is 5.91 Å². The van der Waals surface area contributed by atoms with Crippen molar-refractivity contribution in [3.8, 4) is 0 Å². The number of nitrogens with zero attached hydrogens (tertiary/aromatic N) is 2. The second kappa shape index (κ2) is 6.39. The lowest BCUT2D eigenvalue weighted by Gasteiger charge is -2.17. The molecule has 0 aliphatic rings. The van der Waals surface area contributed by atoms with Crippen molar-refractivity contribution in [2.45, 2.75) is 39.8 Å². The molecule has 1 rings (SSSR count). The minimum absolute atomic E-state index is 0.0198. The number of carbonyl (C=O) groups is 1. The summed E-state index contributed by atoms with van der Waals surface area (Å²) in [5.41, 5.74) is 6.72. The molecular formula is C12H22N4O. The second-order valence-corrected chi connectivity index (χ2v) is 4.44. The number of nitrogens with two attached hydrogens (primary N) is 1. The summed E-state index contributed by atoms with van der Waals surface area (Å²) in [4.78, 5) is 11.9. The highest BCUT2D eigenvalue weighted by Gasteiger charge is 2.19. The number of nitrogens with one attached hydrogen (secondary N) is 1. The predicted molar refractivity (Wildman–Crippen MR) is 67.4 cm³/mol. The smallest absolute Gasteiger partial charge is 0.224 e. The van der Waals surface area contributed by atoms with Gasteiger partial charge in [0.25, 0.3) is 0 Å². The standard InChI is InChI=1S/C12H22N4O/c1-4-16-11(5-6-14-16)7-10(8-13)12(17)15-9(2)3/h5-6,9-10H,4,7-8,13H2,1-3H3,(H,15,17). The first-order valence-electron chi connectivity index (χ1n) is 6.09. The van der Waals surface area contributed by atoms with Crippen LogP contribution in [-0.2, 0) is 17.8 Å². The van der Waals surface area contributed by atoms with Crippen LogP contribution in [0.5, 0.6) is 0 Å². The maximum atomic E-state index is 11.9. The zero-order valence-corrected chi connectivity index (χ0v) is 10.8. The van der Waals surface area contributed by atoms with Crippen molar-refractivity contribution in [1.29, 1.82) is 0 Å². The number of hydrogen-bond donors (Lipinski definition) is 2. The Balaban J connectivity index is 2.66. The maximum Gasteiger partial charge on any atom is 0.224 e. The summed E-state index contributed by atoms with van der Waals surface area (Å²) in [5.74, 6) is -0.161. The zero-order chi connectivity index (χ0) is 12.8. The highest BCUT2D eigenvalue weighted by atomic mass is 16.1. The Bertz CT molecular complexity index is 359. The molecule has 1 aromatic heterocycles. The molecular weight excluding hydrogens is 216 g/mol. The van der Waals surface area contributed by atoms with Crippen LogP contribution >= 0.6 is 0 Å². The van der Waals surface area contributed by atoms with Crippen LogP contribution in [0.3, 0.4) is 0 Å². The first-order valence-corrected chi connectivity index (χ1v) is 6.09. The Morgan fingerprint density at radius 2 is 2.29 bits per heavy atom. The van der Waals surface area contributed by atoms with E-state index in [2.05, 4.69) is 10.4 Å². The summed E-state index contributed by atoms with van der Waals surface area (Å²) in [7, 11) is 0. The van der Waals surface area contributed by atoms with Gasteiger partial charge in [0, 0.05) is 37.4 Å². The summed E-state index contributed by atoms with van der Waals surface area (Å²) in [6, 6.07) is 2.09. The molecule has 17 heavy (non-hydrogen) atoms. The van der Waals surface area contributed by atoms with Crippen molar-refractivity contribution in [1.82, 2.24) is 15.1 Å². The van der Waals surface area contributed by atoms with Crippen molar-refractivity contribution in [2.75, 3.05) is 6.54 Å². The van der Waals surface area contributed by atoms with Crippen LogP contribution in [-0.4, -0.2) is 28.3 Å². The Labute approximate surface area is 102 Å². The fourth-order valence-corrected chi connectivity index (χ4v) is 1.76. The molecule has 3 N–H and O–H groups in total. The number of aryl methyl sites for hydroxylation is 1. The van der Waals surface area contributed by atoms with Gasteiger partial charge < -0.3 is 11.1 Å². The Hall–Kier alpha value is -1.36. The van der Waals surface area contributed by atoms with Crippen molar-refractivity contribution in [3.63, 3.8) is 0 Å². The molecule has 5 nitrogen and oxygen atoms in total. The Morgan fingerprint density at radius 3 is 2.82 bits per heavy atom. The van der Waals surface area contributed by atoms with Crippen molar-refractivity contribution in [2.24, 2.45) is 11.7 Å². The maximum absolute atomic E-state index is 11.9. The first-order chi connectivity index (χ1) is 8.08. The molecule has 0 bridgehead atoms. The zero-order valence-electron chi connectivity index (χ0n) is 10.8. The van der Waals surface area contributed by atoms with Gasteiger partial charge in [0.1, 0.15) is 0 Å². The first kappa shape index (κ1) is 13.7. The minimum atomic E-state index is -0.181. The molecule has 1 unspecified atom stereocenters. The van der Waals surface area contributed by atoms with E-state index in [4.69, 9.17) is 5.73 Å². The number of carbonyl (C=O) groups excluding carboxylic acids is 1. The quantitative estimate of drug-likeness (QED) is 0.760. The third-order valence-electron chi connectivity index (χ3n) is 2.65. The number of rotatable bonds is 6. The minimum Gasteiger partial charge on any atom is -0.354 e. The van der Waals surface area contributed by atoms with Crippen LogP contribution in [0.2, 0.25) is 0 Å². The number of hydrogen-bond acceptors (Lipinski definition) is 3. The van der Waals surface area contributed by atoms with Gasteiger partial charge in [0.2, 0.25) is 5.91 Å². The monoisotopic (exact) mass is 238 g/mol. The SMILES string of the molecule is CCn1nccc1CC(CN)C(=O)NC(C)C. The molecule has 0 saturated carbocycles. The summed E-state index contributed by atoms with van der Waals surface area (Å²) in [6.07, 6.45) is 2.40. The van der Waals surface area contributed by atoms with Gasteiger partial charge in [-0.15, -0.1) is 0 Å². The number of amides is 1. The van der Waals surface area contributed by atoms with Gasteiger partial charge in [-0.05, 0) is 26.8 Å². The molecule has 1 heterocycles. The molecule has 96 valence electrons. The Kier molecular flexibility index (Phi) is 5.15.